The van der Waals surface area contributed by atoms with Crippen LogP contribution < -0.4 is 11.1 Å². The van der Waals surface area contributed by atoms with Crippen LogP contribution in [-0.4, -0.2) is 93.6 Å². The van der Waals surface area contributed by atoms with Gasteiger partial charge in [-0.25, -0.2) is 0 Å². The Hall–Kier alpha value is -1.20. The number of amides is 1. The standard InChI is InChI=1S/C13H26N4O.C3H5N.CH5N/c1-14-11-13(18)17-5-3-12(4-6-17)16-9-7-15(2)8-10-16;1-2-3-4;1-2/h12,14H,3-11H2,1-2H3;2H2,1H3;2H2,1H3. The van der Waals surface area contributed by atoms with Gasteiger partial charge < -0.3 is 20.9 Å². The maximum Gasteiger partial charge on any atom is 0.236 e. The maximum absolute atomic E-state index is 11.8. The van der Waals surface area contributed by atoms with Gasteiger partial charge in [-0.15, -0.1) is 0 Å². The summed E-state index contributed by atoms with van der Waals surface area (Å²) in [5.41, 5.74) is 4.50. The molecule has 2 fully saturated rings. The van der Waals surface area contributed by atoms with Crippen LogP contribution in [-0.2, 0) is 4.79 Å². The zero-order chi connectivity index (χ0) is 18.4. The largest absolute Gasteiger partial charge is 0.341 e. The lowest BCUT2D eigenvalue weighted by Gasteiger charge is -2.42. The number of hydrogen-bond acceptors (Lipinski definition) is 6. The molecule has 1 amide bonds. The van der Waals surface area contributed by atoms with E-state index in [1.54, 1.807) is 0 Å². The fraction of sp³-hybridized carbons (Fsp3) is 0.882. The summed E-state index contributed by atoms with van der Waals surface area (Å²) in [5.74, 6) is 0.245. The van der Waals surface area contributed by atoms with Crippen molar-refractivity contribution in [2.75, 3.05) is 67.0 Å². The summed E-state index contributed by atoms with van der Waals surface area (Å²) >= 11 is 0. The molecule has 0 atom stereocenters. The van der Waals surface area contributed by atoms with E-state index in [2.05, 4.69) is 27.9 Å². The monoisotopic (exact) mass is 340 g/mol. The average molecular weight is 341 g/mol. The number of carbonyl (C=O) groups is 1. The first-order valence-corrected chi connectivity index (χ1v) is 8.92. The highest BCUT2D eigenvalue weighted by Crippen LogP contribution is 2.17. The quantitative estimate of drug-likeness (QED) is 0.748. The van der Waals surface area contributed by atoms with Crippen LogP contribution in [0.3, 0.4) is 0 Å². The van der Waals surface area contributed by atoms with Gasteiger partial charge in [-0.2, -0.15) is 5.26 Å². The normalized spacial score (nSPS) is 19.4. The van der Waals surface area contributed by atoms with Crippen LogP contribution in [0.4, 0.5) is 0 Å². The van der Waals surface area contributed by atoms with Crippen molar-refractivity contribution in [3.05, 3.63) is 0 Å². The van der Waals surface area contributed by atoms with Crippen molar-refractivity contribution >= 4 is 5.91 Å². The molecule has 0 spiro atoms. The molecule has 24 heavy (non-hydrogen) atoms. The fourth-order valence-electron chi connectivity index (χ4n) is 2.93. The van der Waals surface area contributed by atoms with E-state index in [-0.39, 0.29) is 5.91 Å². The first kappa shape index (κ1) is 22.8. The van der Waals surface area contributed by atoms with Crippen molar-refractivity contribution in [1.29, 1.82) is 5.26 Å². The van der Waals surface area contributed by atoms with Gasteiger partial charge in [0.15, 0.2) is 0 Å². The second kappa shape index (κ2) is 14.2. The smallest absolute Gasteiger partial charge is 0.236 e. The van der Waals surface area contributed by atoms with Crippen LogP contribution in [0.25, 0.3) is 0 Å². The van der Waals surface area contributed by atoms with Crippen molar-refractivity contribution in [2.45, 2.75) is 32.2 Å². The maximum atomic E-state index is 11.8. The molecule has 3 N–H and O–H groups in total. The van der Waals surface area contributed by atoms with E-state index in [0.717, 1.165) is 25.9 Å². The number of likely N-dealkylation sites (tertiary alicyclic amines) is 1. The summed E-state index contributed by atoms with van der Waals surface area (Å²) < 4.78 is 0. The first-order chi connectivity index (χ1) is 11.6. The third-order valence-corrected chi connectivity index (χ3v) is 4.36. The van der Waals surface area contributed by atoms with Crippen LogP contribution in [0.5, 0.6) is 0 Å². The molecule has 7 nitrogen and oxygen atoms in total. The second-order valence-corrected chi connectivity index (χ2v) is 5.99. The zero-order valence-electron chi connectivity index (χ0n) is 15.9. The highest BCUT2D eigenvalue weighted by molar-refractivity contribution is 5.78. The molecule has 2 saturated heterocycles. The van der Waals surface area contributed by atoms with Gasteiger partial charge in [-0.3, -0.25) is 9.69 Å². The Morgan fingerprint density at radius 1 is 1.17 bits per heavy atom. The number of nitrogens with two attached hydrogens (primary N) is 1. The molecule has 0 saturated carbocycles. The van der Waals surface area contributed by atoms with Crippen molar-refractivity contribution in [3.8, 4) is 6.07 Å². The molecule has 0 aromatic rings. The Labute approximate surface area is 147 Å². The summed E-state index contributed by atoms with van der Waals surface area (Å²) in [5, 5.41) is 10.6. The van der Waals surface area contributed by atoms with E-state index in [1.807, 2.05) is 24.9 Å². The molecule has 7 heteroatoms. The molecule has 140 valence electrons. The molecule has 2 heterocycles. The van der Waals surface area contributed by atoms with E-state index in [9.17, 15) is 4.79 Å². The molecule has 0 radical (unpaired) electrons. The number of nitriles is 1. The summed E-state index contributed by atoms with van der Waals surface area (Å²) in [6.45, 7) is 8.88. The molecule has 2 rings (SSSR count). The summed E-state index contributed by atoms with van der Waals surface area (Å²) in [4.78, 5) is 18.8. The Morgan fingerprint density at radius 2 is 1.67 bits per heavy atom. The van der Waals surface area contributed by atoms with Crippen LogP contribution >= 0.6 is 0 Å². The lowest BCUT2D eigenvalue weighted by Crippen LogP contribution is -2.53. The summed E-state index contributed by atoms with van der Waals surface area (Å²) in [6.07, 6.45) is 2.90. The third kappa shape index (κ3) is 8.60. The Balaban J connectivity index is 0.000000773. The van der Waals surface area contributed by atoms with Crippen LogP contribution in [0, 0.1) is 11.3 Å². The number of rotatable bonds is 3. The molecular formula is C17H36N6O. The molecular weight excluding hydrogens is 304 g/mol. The number of piperidine rings is 1. The van der Waals surface area contributed by atoms with E-state index >= 15 is 0 Å². The average Bonchev–Trinajstić information content (AvgIpc) is 2.64. The van der Waals surface area contributed by atoms with Crippen molar-refractivity contribution in [2.24, 2.45) is 5.73 Å². The highest BCUT2D eigenvalue weighted by Gasteiger charge is 2.27. The number of piperazine rings is 1. The zero-order valence-corrected chi connectivity index (χ0v) is 15.9. The van der Waals surface area contributed by atoms with Crippen LogP contribution in [0.2, 0.25) is 0 Å². The number of nitrogens with zero attached hydrogens (tertiary/aromatic N) is 4. The van der Waals surface area contributed by atoms with Gasteiger partial charge >= 0.3 is 0 Å². The van der Waals surface area contributed by atoms with Crippen molar-refractivity contribution in [1.82, 2.24) is 20.0 Å². The lowest BCUT2D eigenvalue weighted by molar-refractivity contribution is -0.131. The van der Waals surface area contributed by atoms with Gasteiger partial charge in [0.05, 0.1) is 12.6 Å². The predicted octanol–water partition coefficient (Wildman–Crippen LogP) is -0.0609. The van der Waals surface area contributed by atoms with Gasteiger partial charge in [0.2, 0.25) is 5.91 Å². The highest BCUT2D eigenvalue weighted by atomic mass is 16.2. The third-order valence-electron chi connectivity index (χ3n) is 4.36. The van der Waals surface area contributed by atoms with Gasteiger partial charge in [0.25, 0.3) is 0 Å². The van der Waals surface area contributed by atoms with Crippen LogP contribution in [0.1, 0.15) is 26.2 Å². The second-order valence-electron chi connectivity index (χ2n) is 5.99. The molecule has 0 aromatic heterocycles. The summed E-state index contributed by atoms with van der Waals surface area (Å²) in [6, 6.07) is 2.62. The molecule has 0 aliphatic carbocycles. The molecule has 0 aromatic carbocycles. The van der Waals surface area contributed by atoms with Crippen molar-refractivity contribution in [3.63, 3.8) is 0 Å². The van der Waals surface area contributed by atoms with Gasteiger partial charge in [-0.1, -0.05) is 6.92 Å². The SMILES string of the molecule is CCC#N.CN.CNCC(=O)N1CCC(N2CCN(C)CC2)CC1. The van der Waals surface area contributed by atoms with E-state index in [4.69, 9.17) is 5.26 Å². The van der Waals surface area contributed by atoms with E-state index < -0.39 is 0 Å². The minimum atomic E-state index is 0.245. The van der Waals surface area contributed by atoms with E-state index in [0.29, 0.717) is 19.0 Å². The topological polar surface area (TPSA) is 88.6 Å². The number of carbonyl (C=O) groups excluding carboxylic acids is 1. The Bertz CT molecular complexity index is 355. The number of hydrogen-bond donors (Lipinski definition) is 2. The number of likely N-dealkylation sites (N-methyl/N-ethyl adjacent to an activating group) is 2. The van der Waals surface area contributed by atoms with E-state index in [1.165, 1.54) is 33.2 Å². The minimum Gasteiger partial charge on any atom is -0.341 e. The predicted molar refractivity (Wildman–Crippen MR) is 98.6 cm³/mol. The molecule has 0 unspecified atom stereocenters. The summed E-state index contributed by atoms with van der Waals surface area (Å²) in [7, 11) is 5.52. The molecule has 0 bridgehead atoms. The van der Waals surface area contributed by atoms with Crippen molar-refractivity contribution < 1.29 is 4.79 Å². The minimum absolute atomic E-state index is 0.245. The van der Waals surface area contributed by atoms with Gasteiger partial charge in [0.1, 0.15) is 0 Å². The number of nitrogens with one attached hydrogen (secondary N) is 1. The van der Waals surface area contributed by atoms with Gasteiger partial charge in [0, 0.05) is 51.7 Å². The first-order valence-electron chi connectivity index (χ1n) is 8.92. The van der Waals surface area contributed by atoms with Crippen LogP contribution in [0.15, 0.2) is 0 Å². The Kier molecular flexibility index (Phi) is 13.5. The molecule has 2 aliphatic heterocycles. The Morgan fingerprint density at radius 3 is 2.08 bits per heavy atom. The lowest BCUT2D eigenvalue weighted by atomic mass is 10.0. The fourth-order valence-corrected chi connectivity index (χ4v) is 2.93. The van der Waals surface area contributed by atoms with Gasteiger partial charge in [-0.05, 0) is 34.0 Å². The molecule has 2 aliphatic rings.